The lowest BCUT2D eigenvalue weighted by Gasteiger charge is -2.55. The number of hydrogen-bond acceptors (Lipinski definition) is 6. The van der Waals surface area contributed by atoms with Crippen molar-refractivity contribution in [2.24, 2.45) is 11.8 Å². The summed E-state index contributed by atoms with van der Waals surface area (Å²) >= 11 is 1.55. The molecular weight excluding hydrogens is 400 g/mol. The van der Waals surface area contributed by atoms with Crippen molar-refractivity contribution in [1.29, 1.82) is 0 Å². The van der Waals surface area contributed by atoms with E-state index in [2.05, 4.69) is 10.3 Å². The van der Waals surface area contributed by atoms with E-state index in [1.165, 1.54) is 10.6 Å². The monoisotopic (exact) mass is 426 g/mol. The van der Waals surface area contributed by atoms with Gasteiger partial charge in [-0.3, -0.25) is 9.59 Å². The first-order valence-electron chi connectivity index (χ1n) is 9.77. The molecule has 3 aliphatic rings. The molecule has 3 aliphatic heterocycles. The summed E-state index contributed by atoms with van der Waals surface area (Å²) in [5.41, 5.74) is 0. The first-order valence-corrected chi connectivity index (χ1v) is 12.5. The Kier molecular flexibility index (Phi) is 5.45. The van der Waals surface area contributed by atoms with Crippen LogP contribution in [0, 0.1) is 11.8 Å². The lowest BCUT2D eigenvalue weighted by atomic mass is 9.72. The fourth-order valence-corrected chi connectivity index (χ4v) is 6.54. The van der Waals surface area contributed by atoms with Gasteiger partial charge in [0.1, 0.15) is 6.04 Å². The lowest BCUT2D eigenvalue weighted by Crippen LogP contribution is -2.68. The van der Waals surface area contributed by atoms with Crippen LogP contribution in [0.4, 0.5) is 0 Å². The molecule has 0 radical (unpaired) electrons. The molecular formula is C18H26N4O4S2. The Labute approximate surface area is 169 Å². The normalized spacial score (nSPS) is 30.8. The summed E-state index contributed by atoms with van der Waals surface area (Å²) in [6.07, 6.45) is 6.51. The average molecular weight is 427 g/mol. The molecule has 154 valence electrons. The summed E-state index contributed by atoms with van der Waals surface area (Å²) in [5, 5.41) is 5.82. The number of carbonyl (C=O) groups is 2. The first kappa shape index (κ1) is 19.8. The fourth-order valence-electron chi connectivity index (χ4n) is 4.99. The molecule has 1 N–H and O–H groups in total. The summed E-state index contributed by atoms with van der Waals surface area (Å²) < 4.78 is 25.8. The molecule has 0 aromatic carbocycles. The Bertz CT molecular complexity index is 842. The second kappa shape index (κ2) is 7.72. The number of carbonyl (C=O) groups excluding carboxylic acids is 2. The zero-order valence-corrected chi connectivity index (χ0v) is 17.5. The van der Waals surface area contributed by atoms with E-state index >= 15 is 0 Å². The molecule has 2 amide bonds. The highest BCUT2D eigenvalue weighted by Gasteiger charge is 2.52. The highest BCUT2D eigenvalue weighted by atomic mass is 32.2. The number of aromatic nitrogens is 1. The van der Waals surface area contributed by atoms with E-state index in [0.717, 1.165) is 24.3 Å². The predicted molar refractivity (Wildman–Crippen MR) is 105 cm³/mol. The zero-order valence-electron chi connectivity index (χ0n) is 15.9. The number of fused-ring (bicyclic) bond motifs is 4. The highest BCUT2D eigenvalue weighted by molar-refractivity contribution is 7.88. The molecule has 8 nitrogen and oxygen atoms in total. The molecule has 1 aromatic rings. The quantitative estimate of drug-likeness (QED) is 0.738. The molecule has 3 fully saturated rings. The van der Waals surface area contributed by atoms with Gasteiger partial charge >= 0.3 is 0 Å². The van der Waals surface area contributed by atoms with Crippen LogP contribution in [0.25, 0.3) is 0 Å². The summed E-state index contributed by atoms with van der Waals surface area (Å²) in [6.45, 7) is 1.21. The average Bonchev–Trinajstić information content (AvgIpc) is 3.15. The minimum Gasteiger partial charge on any atom is -0.354 e. The Hall–Kier alpha value is -1.52. The first-order chi connectivity index (χ1) is 13.3. The zero-order chi connectivity index (χ0) is 19.9. The fraction of sp³-hybridized carbons (Fsp3) is 0.722. The third-order valence-corrected chi connectivity index (χ3v) is 8.24. The molecule has 0 unspecified atom stereocenters. The maximum atomic E-state index is 13.1. The van der Waals surface area contributed by atoms with Gasteiger partial charge in [-0.25, -0.2) is 17.7 Å². The lowest BCUT2D eigenvalue weighted by molar-refractivity contribution is -0.158. The molecule has 10 heteroatoms. The van der Waals surface area contributed by atoms with Gasteiger partial charge < -0.3 is 10.2 Å². The number of nitrogens with zero attached hydrogens (tertiary/aromatic N) is 3. The van der Waals surface area contributed by atoms with Crippen molar-refractivity contribution in [3.8, 4) is 0 Å². The van der Waals surface area contributed by atoms with Gasteiger partial charge in [-0.1, -0.05) is 0 Å². The van der Waals surface area contributed by atoms with Gasteiger partial charge in [-0.2, -0.15) is 0 Å². The molecule has 4 heterocycles. The van der Waals surface area contributed by atoms with Crippen LogP contribution in [-0.2, 0) is 26.0 Å². The summed E-state index contributed by atoms with van der Waals surface area (Å²) in [5.74, 6) is -0.196. The summed E-state index contributed by atoms with van der Waals surface area (Å²) in [7, 11) is -3.32. The predicted octanol–water partition coefficient (Wildman–Crippen LogP) is 0.463. The van der Waals surface area contributed by atoms with Gasteiger partial charge in [0, 0.05) is 56.0 Å². The molecule has 0 aliphatic carbocycles. The Morgan fingerprint density at radius 2 is 2.14 bits per heavy atom. The number of thiazole rings is 1. The molecule has 3 saturated heterocycles. The Balaban J connectivity index is 1.53. The van der Waals surface area contributed by atoms with Gasteiger partial charge in [0.25, 0.3) is 0 Å². The van der Waals surface area contributed by atoms with E-state index in [9.17, 15) is 18.0 Å². The van der Waals surface area contributed by atoms with Crippen molar-refractivity contribution >= 4 is 33.2 Å². The van der Waals surface area contributed by atoms with Crippen molar-refractivity contribution in [2.75, 3.05) is 25.9 Å². The third-order valence-electron chi connectivity index (χ3n) is 6.17. The van der Waals surface area contributed by atoms with Gasteiger partial charge in [0.15, 0.2) is 0 Å². The van der Waals surface area contributed by atoms with E-state index in [1.807, 2.05) is 5.38 Å². The number of amides is 2. The van der Waals surface area contributed by atoms with E-state index in [1.54, 1.807) is 22.4 Å². The molecule has 1 aromatic heterocycles. The van der Waals surface area contributed by atoms with E-state index in [0.29, 0.717) is 32.5 Å². The van der Waals surface area contributed by atoms with Crippen LogP contribution in [0.1, 0.15) is 30.7 Å². The van der Waals surface area contributed by atoms with Crippen LogP contribution in [0.2, 0.25) is 0 Å². The number of nitrogens with one attached hydrogen (secondary N) is 1. The second-order valence-electron chi connectivity index (χ2n) is 8.01. The van der Waals surface area contributed by atoms with Gasteiger partial charge in [0.2, 0.25) is 21.8 Å². The topological polar surface area (TPSA) is 99.7 Å². The van der Waals surface area contributed by atoms with Crippen LogP contribution in [-0.4, -0.2) is 72.4 Å². The summed E-state index contributed by atoms with van der Waals surface area (Å²) in [6, 6.07) is -0.633. The largest absolute Gasteiger partial charge is 0.354 e. The number of hydrogen-bond donors (Lipinski definition) is 1. The van der Waals surface area contributed by atoms with Crippen molar-refractivity contribution in [1.82, 2.24) is 19.5 Å². The van der Waals surface area contributed by atoms with Crippen molar-refractivity contribution in [3.05, 3.63) is 16.6 Å². The molecule has 28 heavy (non-hydrogen) atoms. The van der Waals surface area contributed by atoms with Crippen molar-refractivity contribution < 1.29 is 18.0 Å². The maximum absolute atomic E-state index is 13.1. The second-order valence-corrected chi connectivity index (χ2v) is 11.0. The van der Waals surface area contributed by atoms with Crippen molar-refractivity contribution in [2.45, 2.75) is 44.2 Å². The maximum Gasteiger partial charge on any atom is 0.243 e. The van der Waals surface area contributed by atoms with E-state index in [4.69, 9.17) is 0 Å². The van der Waals surface area contributed by atoms with Crippen LogP contribution in [0.15, 0.2) is 11.6 Å². The molecule has 2 bridgehead atoms. The van der Waals surface area contributed by atoms with Crippen molar-refractivity contribution in [3.63, 3.8) is 0 Å². The van der Waals surface area contributed by atoms with Gasteiger partial charge in [0.05, 0.1) is 11.3 Å². The number of sulfonamides is 1. The van der Waals surface area contributed by atoms with Crippen LogP contribution in [0.3, 0.4) is 0 Å². The van der Waals surface area contributed by atoms with E-state index < -0.39 is 16.1 Å². The minimum atomic E-state index is -3.32. The van der Waals surface area contributed by atoms with Gasteiger partial charge in [-0.05, 0) is 25.2 Å². The number of rotatable bonds is 5. The molecule has 4 rings (SSSR count). The molecule has 0 spiro atoms. The minimum absolute atomic E-state index is 0.0267. The Morgan fingerprint density at radius 1 is 1.36 bits per heavy atom. The third kappa shape index (κ3) is 3.81. The van der Waals surface area contributed by atoms with Gasteiger partial charge in [-0.15, -0.1) is 11.3 Å². The van der Waals surface area contributed by atoms with Crippen LogP contribution >= 0.6 is 11.3 Å². The SMILES string of the molecule is CS(=O)(=O)N1C[C@H]2C[C@@H](C1)[C@H](C(=O)NCCc1nccs1)N1C(=O)CCC[C@@H]21. The highest BCUT2D eigenvalue weighted by Crippen LogP contribution is 2.42. The standard InChI is InChI=1S/C18H26N4O4S2/c1-28(25,26)21-10-12-9-13(11-21)17(22-14(12)3-2-4-16(22)23)18(24)20-6-5-15-19-7-8-27-15/h7-8,12-14,17H,2-6,9-11H2,1H3,(H,20,24)/t12-,13+,14+,17-/m1/s1. The smallest absolute Gasteiger partial charge is 0.243 e. The van der Waals surface area contributed by atoms with Crippen LogP contribution in [0.5, 0.6) is 0 Å². The molecule has 0 saturated carbocycles. The Morgan fingerprint density at radius 3 is 2.86 bits per heavy atom. The summed E-state index contributed by atoms with van der Waals surface area (Å²) in [4.78, 5) is 31.8. The molecule has 4 atom stereocenters. The van der Waals surface area contributed by atoms with E-state index in [-0.39, 0.29) is 29.7 Å². The number of piperidine rings is 3. The van der Waals surface area contributed by atoms with Crippen LogP contribution < -0.4 is 5.32 Å².